The molecule has 31 heavy (non-hydrogen) atoms. The summed E-state index contributed by atoms with van der Waals surface area (Å²) in [5.41, 5.74) is 5.05. The summed E-state index contributed by atoms with van der Waals surface area (Å²) < 4.78 is 0. The Kier molecular flexibility index (Phi) is 11.5. The Hall–Kier alpha value is -2.16. The van der Waals surface area contributed by atoms with Crippen molar-refractivity contribution >= 4 is 11.8 Å². The summed E-state index contributed by atoms with van der Waals surface area (Å²) in [6.45, 7) is 12.9. The van der Waals surface area contributed by atoms with Gasteiger partial charge < -0.3 is 5.11 Å². The van der Waals surface area contributed by atoms with Crippen LogP contribution in [0.15, 0.2) is 58.7 Å². The third kappa shape index (κ3) is 9.67. The van der Waals surface area contributed by atoms with E-state index in [-0.39, 0.29) is 11.2 Å². The summed E-state index contributed by atoms with van der Waals surface area (Å²) in [5, 5.41) is 9.39. The minimum Gasteiger partial charge on any atom is -0.481 e. The molecule has 0 radical (unpaired) electrons. The van der Waals surface area contributed by atoms with Crippen molar-refractivity contribution in [1.82, 2.24) is 0 Å². The van der Waals surface area contributed by atoms with Crippen molar-refractivity contribution in [3.63, 3.8) is 0 Å². The molecule has 3 heteroatoms. The van der Waals surface area contributed by atoms with E-state index < -0.39 is 11.9 Å². The van der Waals surface area contributed by atoms with Crippen molar-refractivity contribution in [1.29, 1.82) is 0 Å². The lowest BCUT2D eigenvalue weighted by molar-refractivity contribution is -0.145. The Bertz CT molecular complexity index is 772. The normalized spacial score (nSPS) is 18.8. The predicted octanol–water partition coefficient (Wildman–Crippen LogP) is 7.76. The number of carbonyl (C=O) groups is 2. The van der Waals surface area contributed by atoms with Gasteiger partial charge in [0.15, 0.2) is 5.78 Å². The molecule has 0 heterocycles. The van der Waals surface area contributed by atoms with Gasteiger partial charge in [0.25, 0.3) is 0 Å². The number of carboxylic acid groups (broad SMARTS) is 1. The summed E-state index contributed by atoms with van der Waals surface area (Å²) in [5.74, 6) is -2.27. The molecule has 1 unspecified atom stereocenters. The molecule has 1 rings (SSSR count). The highest BCUT2D eigenvalue weighted by Crippen LogP contribution is 2.40. The summed E-state index contributed by atoms with van der Waals surface area (Å²) in [6.07, 6.45) is 19.7. The van der Waals surface area contributed by atoms with Gasteiger partial charge in [0.2, 0.25) is 0 Å². The first-order valence-corrected chi connectivity index (χ1v) is 11.8. The second-order valence-corrected chi connectivity index (χ2v) is 9.57. The largest absolute Gasteiger partial charge is 0.481 e. The van der Waals surface area contributed by atoms with E-state index in [9.17, 15) is 14.7 Å². The minimum atomic E-state index is -1.02. The van der Waals surface area contributed by atoms with E-state index in [1.807, 2.05) is 25.2 Å². The second-order valence-electron chi connectivity index (χ2n) is 9.57. The highest BCUT2D eigenvalue weighted by atomic mass is 16.4. The molecule has 0 aromatic heterocycles. The molecule has 0 aliphatic heterocycles. The molecule has 3 nitrogen and oxygen atoms in total. The van der Waals surface area contributed by atoms with Gasteiger partial charge in [0.05, 0.1) is 0 Å². The molecule has 172 valence electrons. The summed E-state index contributed by atoms with van der Waals surface area (Å²) in [7, 11) is 0. The van der Waals surface area contributed by atoms with Crippen molar-refractivity contribution in [3.8, 4) is 0 Å². The van der Waals surface area contributed by atoms with Gasteiger partial charge in [-0.05, 0) is 69.1 Å². The van der Waals surface area contributed by atoms with Crippen molar-refractivity contribution < 1.29 is 14.7 Å². The molecule has 0 bridgehead atoms. The number of hydrogen-bond acceptors (Lipinski definition) is 2. The topological polar surface area (TPSA) is 54.4 Å². The summed E-state index contributed by atoms with van der Waals surface area (Å²) >= 11 is 0. The lowest BCUT2D eigenvalue weighted by Crippen LogP contribution is -2.22. The monoisotopic (exact) mass is 426 g/mol. The SMILES string of the molecule is CCCCCCC(C(=O)O)C(=O)/C=C(C)/C=C/C=C(C)/C=C/C1=C(C)CCCC1(C)C. The van der Waals surface area contributed by atoms with Crippen LogP contribution < -0.4 is 0 Å². The fraction of sp³-hybridized carbons (Fsp3) is 0.571. The van der Waals surface area contributed by atoms with Crippen LogP contribution in [0, 0.1) is 11.3 Å². The first-order chi connectivity index (χ1) is 14.6. The maximum atomic E-state index is 12.4. The van der Waals surface area contributed by atoms with Crippen LogP contribution in [-0.4, -0.2) is 16.9 Å². The number of hydrogen-bond donors (Lipinski definition) is 1. The molecule has 0 aromatic rings. The quantitative estimate of drug-likeness (QED) is 0.150. The molecule has 0 fully saturated rings. The molecule has 0 spiro atoms. The van der Waals surface area contributed by atoms with Gasteiger partial charge >= 0.3 is 5.97 Å². The standard InChI is InChI=1S/C28H42O3/c1-7-8-9-10-16-24(27(30)31)26(29)20-22(3)14-11-13-21(2)17-18-25-23(4)15-12-19-28(25,5)6/h11,13-14,17-18,20,24H,7-10,12,15-16,19H2,1-6H3,(H,30,31)/b14-11+,18-17+,21-13+,22-20+. The Balaban J connectivity index is 2.74. The van der Waals surface area contributed by atoms with Gasteiger partial charge in [0, 0.05) is 0 Å². The molecular weight excluding hydrogens is 384 g/mol. The van der Waals surface area contributed by atoms with Gasteiger partial charge in [-0.25, -0.2) is 0 Å². The lowest BCUT2D eigenvalue weighted by Gasteiger charge is -2.32. The third-order valence-electron chi connectivity index (χ3n) is 6.13. The number of carbonyl (C=O) groups excluding carboxylic acids is 1. The fourth-order valence-corrected chi connectivity index (χ4v) is 4.17. The van der Waals surface area contributed by atoms with Gasteiger partial charge in [0.1, 0.15) is 5.92 Å². The number of aliphatic carboxylic acids is 1. The minimum absolute atomic E-state index is 0.228. The Labute approximate surface area is 189 Å². The van der Waals surface area contributed by atoms with Crippen LogP contribution in [0.2, 0.25) is 0 Å². The van der Waals surface area contributed by atoms with Crippen molar-refractivity contribution in [2.45, 2.75) is 92.9 Å². The van der Waals surface area contributed by atoms with Crippen LogP contribution in [0.4, 0.5) is 0 Å². The molecule has 1 atom stereocenters. The number of allylic oxidation sites excluding steroid dienone is 10. The number of unbranched alkanes of at least 4 members (excludes halogenated alkanes) is 3. The smallest absolute Gasteiger partial charge is 0.314 e. The third-order valence-corrected chi connectivity index (χ3v) is 6.13. The van der Waals surface area contributed by atoms with Crippen LogP contribution in [0.3, 0.4) is 0 Å². The lowest BCUT2D eigenvalue weighted by atomic mass is 9.72. The summed E-state index contributed by atoms with van der Waals surface area (Å²) in [6, 6.07) is 0. The molecule has 1 N–H and O–H groups in total. The first kappa shape index (κ1) is 26.9. The van der Waals surface area contributed by atoms with Crippen molar-refractivity contribution in [2.75, 3.05) is 0 Å². The molecule has 0 saturated heterocycles. The highest BCUT2D eigenvalue weighted by molar-refractivity contribution is 6.04. The Morgan fingerprint density at radius 1 is 1.10 bits per heavy atom. The molecule has 1 aliphatic carbocycles. The van der Waals surface area contributed by atoms with E-state index >= 15 is 0 Å². The zero-order valence-corrected chi connectivity index (χ0v) is 20.5. The molecule has 0 saturated carbocycles. The van der Waals surface area contributed by atoms with Gasteiger partial charge in [-0.2, -0.15) is 0 Å². The van der Waals surface area contributed by atoms with Crippen molar-refractivity contribution in [3.05, 3.63) is 58.7 Å². The van der Waals surface area contributed by atoms with Crippen LogP contribution in [0.25, 0.3) is 0 Å². The zero-order chi connectivity index (χ0) is 23.4. The van der Waals surface area contributed by atoms with Gasteiger partial charge in [-0.1, -0.05) is 88.0 Å². The van der Waals surface area contributed by atoms with Crippen LogP contribution >= 0.6 is 0 Å². The zero-order valence-electron chi connectivity index (χ0n) is 20.5. The maximum Gasteiger partial charge on any atom is 0.314 e. The highest BCUT2D eigenvalue weighted by Gasteiger charge is 2.26. The Morgan fingerprint density at radius 3 is 2.42 bits per heavy atom. The average Bonchev–Trinajstić information content (AvgIpc) is 2.66. The van der Waals surface area contributed by atoms with Crippen molar-refractivity contribution in [2.24, 2.45) is 11.3 Å². The van der Waals surface area contributed by atoms with E-state index in [1.54, 1.807) is 0 Å². The maximum absolute atomic E-state index is 12.4. The number of carboxylic acids is 1. The number of rotatable bonds is 12. The second kappa shape index (κ2) is 13.3. The van der Waals surface area contributed by atoms with Crippen LogP contribution in [-0.2, 0) is 9.59 Å². The molecular formula is C28H42O3. The Morgan fingerprint density at radius 2 is 1.81 bits per heavy atom. The van der Waals surface area contributed by atoms with E-state index in [0.717, 1.165) is 36.8 Å². The van der Waals surface area contributed by atoms with E-state index in [0.29, 0.717) is 6.42 Å². The van der Waals surface area contributed by atoms with Crippen LogP contribution in [0.1, 0.15) is 92.9 Å². The fourth-order valence-electron chi connectivity index (χ4n) is 4.17. The molecule has 0 amide bonds. The predicted molar refractivity (Wildman–Crippen MR) is 131 cm³/mol. The number of ketones is 1. The van der Waals surface area contributed by atoms with Gasteiger partial charge in [-0.15, -0.1) is 0 Å². The van der Waals surface area contributed by atoms with Gasteiger partial charge in [-0.3, -0.25) is 9.59 Å². The van der Waals surface area contributed by atoms with E-state index in [2.05, 4.69) is 46.8 Å². The first-order valence-electron chi connectivity index (χ1n) is 11.8. The van der Waals surface area contributed by atoms with Crippen LogP contribution in [0.5, 0.6) is 0 Å². The summed E-state index contributed by atoms with van der Waals surface area (Å²) in [4.78, 5) is 23.9. The molecule has 0 aromatic carbocycles. The van der Waals surface area contributed by atoms with E-state index in [1.165, 1.54) is 36.5 Å². The van der Waals surface area contributed by atoms with E-state index in [4.69, 9.17) is 0 Å². The average molecular weight is 427 g/mol. The molecule has 1 aliphatic rings.